The quantitative estimate of drug-likeness (QED) is 0.297. The number of furan rings is 1. The summed E-state index contributed by atoms with van der Waals surface area (Å²) in [4.78, 5) is 2.09. The van der Waals surface area contributed by atoms with Crippen molar-refractivity contribution in [3.8, 4) is 0 Å². The van der Waals surface area contributed by atoms with Crippen molar-refractivity contribution < 1.29 is 4.42 Å². The van der Waals surface area contributed by atoms with Crippen LogP contribution < -0.4 is 4.90 Å². The highest BCUT2D eigenvalue weighted by Crippen LogP contribution is 2.48. The summed E-state index contributed by atoms with van der Waals surface area (Å²) in [6, 6.07) is 24.0. The second kappa shape index (κ2) is 6.61. The van der Waals surface area contributed by atoms with E-state index in [1.807, 2.05) is 54.6 Å². The van der Waals surface area contributed by atoms with Crippen molar-refractivity contribution in [2.75, 3.05) is 4.90 Å². The maximum atomic E-state index is 6.58. The van der Waals surface area contributed by atoms with Gasteiger partial charge in [-0.15, -0.1) is 11.3 Å². The van der Waals surface area contributed by atoms with Gasteiger partial charge in [-0.05, 0) is 36.4 Å². The summed E-state index contributed by atoms with van der Waals surface area (Å²) in [5.74, 6) is 0. The molecule has 0 unspecified atom stereocenters. The minimum absolute atomic E-state index is 0.512. The van der Waals surface area contributed by atoms with Crippen molar-refractivity contribution >= 4 is 72.0 Å². The molecule has 0 N–H and O–H groups in total. The fourth-order valence-corrected chi connectivity index (χ4v) is 4.79. The van der Waals surface area contributed by atoms with E-state index < -0.39 is 0 Å². The number of fused-ring (bicyclic) bond motifs is 3. The van der Waals surface area contributed by atoms with Crippen LogP contribution in [-0.4, -0.2) is 0 Å². The smallest absolute Gasteiger partial charge is 0.154 e. The van der Waals surface area contributed by atoms with Gasteiger partial charge >= 0.3 is 0 Å². The second-order valence-corrected chi connectivity index (χ2v) is 7.96. The van der Waals surface area contributed by atoms with Crippen LogP contribution in [0, 0.1) is 0 Å². The molecule has 0 amide bonds. The third-order valence-corrected chi connectivity index (χ3v) is 6.48. The fourth-order valence-electron chi connectivity index (χ4n) is 3.28. The lowest BCUT2D eigenvalue weighted by atomic mass is 10.2. The average molecular weight is 410 g/mol. The minimum Gasteiger partial charge on any atom is -0.460 e. The molecule has 0 bridgehead atoms. The molecular formula is C22H13Cl2NOS. The second-order valence-electron chi connectivity index (χ2n) is 6.12. The summed E-state index contributed by atoms with van der Waals surface area (Å²) < 4.78 is 8.26. The van der Waals surface area contributed by atoms with Crippen molar-refractivity contribution in [1.82, 2.24) is 0 Å². The predicted molar refractivity (Wildman–Crippen MR) is 116 cm³/mol. The van der Waals surface area contributed by atoms with Crippen LogP contribution in [-0.2, 0) is 0 Å². The monoisotopic (exact) mass is 409 g/mol. The predicted octanol–water partition coefficient (Wildman–Crippen LogP) is 8.42. The minimum atomic E-state index is 0.512. The molecule has 5 rings (SSSR count). The van der Waals surface area contributed by atoms with Crippen LogP contribution in [0.15, 0.2) is 83.5 Å². The Hall–Kier alpha value is -2.46. The maximum Gasteiger partial charge on any atom is 0.154 e. The molecule has 0 aliphatic rings. The van der Waals surface area contributed by atoms with Gasteiger partial charge in [0.05, 0.1) is 20.4 Å². The molecule has 0 radical (unpaired) electrons. The Morgan fingerprint density at radius 2 is 1.56 bits per heavy atom. The van der Waals surface area contributed by atoms with Crippen LogP contribution in [0.2, 0.25) is 10.0 Å². The van der Waals surface area contributed by atoms with Gasteiger partial charge in [0.15, 0.2) is 5.58 Å². The summed E-state index contributed by atoms with van der Waals surface area (Å²) in [5, 5.41) is 2.15. The summed E-state index contributed by atoms with van der Waals surface area (Å²) in [5.41, 5.74) is 3.64. The third kappa shape index (κ3) is 2.71. The lowest BCUT2D eigenvalue weighted by Gasteiger charge is -2.25. The van der Waals surface area contributed by atoms with Crippen LogP contribution in [0.1, 0.15) is 0 Å². The molecule has 27 heavy (non-hydrogen) atoms. The first kappa shape index (κ1) is 16.7. The van der Waals surface area contributed by atoms with Gasteiger partial charge in [-0.2, -0.15) is 0 Å². The molecular weight excluding hydrogens is 397 g/mol. The Kier molecular flexibility index (Phi) is 4.09. The molecule has 0 saturated carbocycles. The van der Waals surface area contributed by atoms with E-state index in [1.54, 1.807) is 23.7 Å². The van der Waals surface area contributed by atoms with Crippen molar-refractivity contribution in [2.24, 2.45) is 0 Å². The zero-order chi connectivity index (χ0) is 18.4. The standard InChI is InChI=1S/C22H13Cl2NOS/c23-16-10-6-11-17(20(16)24)25(14-7-2-1-3-8-14)18-13-26-21-15-9-4-5-12-19(15)27-22(18)21/h1-13H. The summed E-state index contributed by atoms with van der Waals surface area (Å²) in [6.07, 6.45) is 1.79. The van der Waals surface area contributed by atoms with E-state index in [1.165, 1.54) is 4.70 Å². The number of para-hydroxylation sites is 1. The van der Waals surface area contributed by atoms with E-state index >= 15 is 0 Å². The highest BCUT2D eigenvalue weighted by molar-refractivity contribution is 7.26. The molecule has 5 heteroatoms. The van der Waals surface area contributed by atoms with Crippen molar-refractivity contribution in [3.63, 3.8) is 0 Å². The zero-order valence-electron chi connectivity index (χ0n) is 14.0. The van der Waals surface area contributed by atoms with Crippen molar-refractivity contribution in [2.45, 2.75) is 0 Å². The maximum absolute atomic E-state index is 6.58. The molecule has 0 saturated heterocycles. The number of benzene rings is 3. The SMILES string of the molecule is Clc1cccc(N(c2ccccc2)c2coc3c2sc2ccccc23)c1Cl. The molecule has 2 heterocycles. The molecule has 3 aromatic carbocycles. The Morgan fingerprint density at radius 3 is 2.41 bits per heavy atom. The molecule has 2 aromatic heterocycles. The normalized spacial score (nSPS) is 11.3. The molecule has 0 atom stereocenters. The Morgan fingerprint density at radius 1 is 0.778 bits per heavy atom. The van der Waals surface area contributed by atoms with Crippen LogP contribution in [0.4, 0.5) is 17.1 Å². The lowest BCUT2D eigenvalue weighted by Crippen LogP contribution is -2.09. The molecule has 5 aromatic rings. The molecule has 0 spiro atoms. The van der Waals surface area contributed by atoms with Gasteiger partial charge < -0.3 is 9.32 Å². The highest BCUT2D eigenvalue weighted by Gasteiger charge is 2.23. The van der Waals surface area contributed by atoms with Crippen LogP contribution in [0.3, 0.4) is 0 Å². The first-order valence-electron chi connectivity index (χ1n) is 8.42. The molecule has 0 aliphatic heterocycles. The van der Waals surface area contributed by atoms with Gasteiger partial charge in [-0.3, -0.25) is 0 Å². The van der Waals surface area contributed by atoms with E-state index in [9.17, 15) is 0 Å². The summed E-state index contributed by atoms with van der Waals surface area (Å²) in [7, 11) is 0. The summed E-state index contributed by atoms with van der Waals surface area (Å²) in [6.45, 7) is 0. The van der Waals surface area contributed by atoms with E-state index in [0.29, 0.717) is 10.0 Å². The lowest BCUT2D eigenvalue weighted by molar-refractivity contribution is 0.620. The van der Waals surface area contributed by atoms with Gasteiger partial charge in [-0.25, -0.2) is 0 Å². The average Bonchev–Trinajstić information content (AvgIpc) is 3.26. The van der Waals surface area contributed by atoms with E-state index in [-0.39, 0.29) is 0 Å². The molecule has 0 fully saturated rings. The van der Waals surface area contributed by atoms with E-state index in [2.05, 4.69) is 17.0 Å². The Bertz CT molecular complexity index is 1260. The van der Waals surface area contributed by atoms with Crippen molar-refractivity contribution in [1.29, 1.82) is 0 Å². The Balaban J connectivity index is 1.81. The number of thiophene rings is 1. The van der Waals surface area contributed by atoms with Crippen LogP contribution in [0.5, 0.6) is 0 Å². The summed E-state index contributed by atoms with van der Waals surface area (Å²) >= 11 is 14.6. The molecule has 132 valence electrons. The van der Waals surface area contributed by atoms with Gasteiger partial charge in [0.1, 0.15) is 12.0 Å². The fraction of sp³-hybridized carbons (Fsp3) is 0. The van der Waals surface area contributed by atoms with Crippen molar-refractivity contribution in [3.05, 3.63) is 89.1 Å². The number of nitrogens with zero attached hydrogens (tertiary/aromatic N) is 1. The zero-order valence-corrected chi connectivity index (χ0v) is 16.4. The number of anilines is 3. The number of rotatable bonds is 3. The first-order chi connectivity index (χ1) is 13.2. The molecule has 2 nitrogen and oxygen atoms in total. The Labute approximate surface area is 170 Å². The van der Waals surface area contributed by atoms with Crippen LogP contribution >= 0.6 is 34.5 Å². The van der Waals surface area contributed by atoms with Crippen LogP contribution in [0.25, 0.3) is 20.4 Å². The van der Waals surface area contributed by atoms with Gasteiger partial charge in [-0.1, -0.05) is 59.6 Å². The number of hydrogen-bond donors (Lipinski definition) is 0. The van der Waals surface area contributed by atoms with Gasteiger partial charge in [0, 0.05) is 15.8 Å². The number of hydrogen-bond acceptors (Lipinski definition) is 3. The van der Waals surface area contributed by atoms with Gasteiger partial charge in [0.2, 0.25) is 0 Å². The topological polar surface area (TPSA) is 16.4 Å². The largest absolute Gasteiger partial charge is 0.460 e. The number of halogens is 2. The third-order valence-electron chi connectivity index (χ3n) is 4.50. The van der Waals surface area contributed by atoms with Gasteiger partial charge in [0.25, 0.3) is 0 Å². The first-order valence-corrected chi connectivity index (χ1v) is 9.99. The van der Waals surface area contributed by atoms with E-state index in [4.69, 9.17) is 27.6 Å². The highest BCUT2D eigenvalue weighted by atomic mass is 35.5. The van der Waals surface area contributed by atoms with E-state index in [0.717, 1.165) is 32.7 Å². The molecule has 0 aliphatic carbocycles.